The summed E-state index contributed by atoms with van der Waals surface area (Å²) in [5.41, 5.74) is 6.55. The first-order valence-corrected chi connectivity index (χ1v) is 7.74. The van der Waals surface area contributed by atoms with Gasteiger partial charge in [0.1, 0.15) is 18.3 Å². The Hall–Kier alpha value is -2.71. The van der Waals surface area contributed by atoms with E-state index in [1.54, 1.807) is 0 Å². The Morgan fingerprint density at radius 3 is 2.64 bits per heavy atom. The maximum Gasteiger partial charge on any atom is 0.328 e. The largest absolute Gasteiger partial charge is 0.467 e. The van der Waals surface area contributed by atoms with Crippen LogP contribution in [0.15, 0.2) is 41.0 Å². The number of aliphatic hydroxyl groups is 1. The topological polar surface area (TPSA) is 128 Å². The lowest BCUT2D eigenvalue weighted by atomic mass is 10.1. The van der Waals surface area contributed by atoms with Crippen molar-refractivity contribution in [2.24, 2.45) is 5.73 Å². The molecule has 0 aliphatic carbocycles. The standard InChI is InChI=1S/C17H21N3O5/c1-10(21)14(18)16-20-13(9-25-16)15(22)19-12(17(23)24-2)8-11-6-4-3-5-7-11/h3-7,9-10,12,14,21H,8,18H2,1-2H3,(H,19,22). The number of carbonyl (C=O) groups is 2. The van der Waals surface area contributed by atoms with E-state index in [0.717, 1.165) is 11.8 Å². The van der Waals surface area contributed by atoms with Crippen molar-refractivity contribution in [2.45, 2.75) is 31.5 Å². The predicted molar refractivity (Wildman–Crippen MR) is 88.5 cm³/mol. The predicted octanol–water partition coefficient (Wildman–Crippen LogP) is 0.569. The average Bonchev–Trinajstić information content (AvgIpc) is 3.10. The van der Waals surface area contributed by atoms with Crippen molar-refractivity contribution >= 4 is 11.9 Å². The van der Waals surface area contributed by atoms with Gasteiger partial charge in [-0.05, 0) is 12.5 Å². The lowest BCUT2D eigenvalue weighted by molar-refractivity contribution is -0.142. The maximum atomic E-state index is 12.3. The minimum Gasteiger partial charge on any atom is -0.467 e. The Balaban J connectivity index is 2.10. The van der Waals surface area contributed by atoms with Crippen LogP contribution < -0.4 is 11.1 Å². The van der Waals surface area contributed by atoms with E-state index in [2.05, 4.69) is 10.3 Å². The van der Waals surface area contributed by atoms with Crippen LogP contribution in [0.5, 0.6) is 0 Å². The number of hydrogen-bond donors (Lipinski definition) is 3. The monoisotopic (exact) mass is 347 g/mol. The number of methoxy groups -OCH3 is 1. The van der Waals surface area contributed by atoms with E-state index in [1.165, 1.54) is 14.0 Å². The molecule has 0 aliphatic heterocycles. The Bertz CT molecular complexity index is 714. The lowest BCUT2D eigenvalue weighted by Crippen LogP contribution is -2.43. The van der Waals surface area contributed by atoms with Crippen LogP contribution in [0.25, 0.3) is 0 Å². The highest BCUT2D eigenvalue weighted by molar-refractivity contribution is 5.95. The zero-order valence-electron chi connectivity index (χ0n) is 14.0. The van der Waals surface area contributed by atoms with Crippen molar-refractivity contribution in [1.29, 1.82) is 0 Å². The highest BCUT2D eigenvalue weighted by atomic mass is 16.5. The molecule has 0 radical (unpaired) electrons. The molecule has 4 N–H and O–H groups in total. The third kappa shape index (κ3) is 4.88. The maximum absolute atomic E-state index is 12.3. The van der Waals surface area contributed by atoms with Gasteiger partial charge in [0.25, 0.3) is 5.91 Å². The molecule has 0 saturated carbocycles. The van der Waals surface area contributed by atoms with Gasteiger partial charge in [-0.15, -0.1) is 0 Å². The zero-order chi connectivity index (χ0) is 18.4. The van der Waals surface area contributed by atoms with Crippen molar-refractivity contribution in [2.75, 3.05) is 7.11 Å². The van der Waals surface area contributed by atoms with Crippen molar-refractivity contribution in [1.82, 2.24) is 10.3 Å². The third-order valence-electron chi connectivity index (χ3n) is 3.63. The molecule has 3 unspecified atom stereocenters. The highest BCUT2D eigenvalue weighted by Crippen LogP contribution is 2.14. The van der Waals surface area contributed by atoms with Gasteiger partial charge in [-0.2, -0.15) is 0 Å². The molecule has 134 valence electrons. The van der Waals surface area contributed by atoms with Crippen LogP contribution in [-0.2, 0) is 16.0 Å². The number of oxazole rings is 1. The minimum atomic E-state index is -0.879. The van der Waals surface area contributed by atoms with E-state index >= 15 is 0 Å². The molecule has 1 aromatic carbocycles. The van der Waals surface area contributed by atoms with Crippen LogP contribution in [0.2, 0.25) is 0 Å². The van der Waals surface area contributed by atoms with Gasteiger partial charge in [0.2, 0.25) is 5.89 Å². The first-order chi connectivity index (χ1) is 11.9. The van der Waals surface area contributed by atoms with Crippen molar-refractivity contribution < 1.29 is 23.8 Å². The third-order valence-corrected chi connectivity index (χ3v) is 3.63. The fraction of sp³-hybridized carbons (Fsp3) is 0.353. The van der Waals surface area contributed by atoms with Gasteiger partial charge in [-0.3, -0.25) is 4.79 Å². The van der Waals surface area contributed by atoms with E-state index in [4.69, 9.17) is 14.9 Å². The van der Waals surface area contributed by atoms with E-state index in [0.29, 0.717) is 0 Å². The van der Waals surface area contributed by atoms with Crippen molar-refractivity contribution in [3.63, 3.8) is 0 Å². The number of ether oxygens (including phenoxy) is 1. The van der Waals surface area contributed by atoms with Gasteiger partial charge < -0.3 is 25.3 Å². The summed E-state index contributed by atoms with van der Waals surface area (Å²) in [7, 11) is 1.25. The second-order valence-corrected chi connectivity index (χ2v) is 5.58. The Kier molecular flexibility index (Phi) is 6.26. The molecule has 2 aromatic rings. The number of hydrogen-bond acceptors (Lipinski definition) is 7. The molecule has 8 heteroatoms. The zero-order valence-corrected chi connectivity index (χ0v) is 14.0. The van der Waals surface area contributed by atoms with Crippen LogP contribution >= 0.6 is 0 Å². The molecule has 0 aliphatic rings. The molecule has 0 saturated heterocycles. The van der Waals surface area contributed by atoms with Gasteiger partial charge in [-0.1, -0.05) is 30.3 Å². The number of nitrogens with one attached hydrogen (secondary N) is 1. The number of rotatable bonds is 7. The number of benzene rings is 1. The van der Waals surface area contributed by atoms with E-state index < -0.39 is 30.1 Å². The Labute approximate surface area is 145 Å². The average molecular weight is 347 g/mol. The van der Waals surface area contributed by atoms with Crippen molar-refractivity contribution in [3.05, 3.63) is 53.7 Å². The Morgan fingerprint density at radius 2 is 2.04 bits per heavy atom. The van der Waals surface area contributed by atoms with Crippen LogP contribution in [0, 0.1) is 0 Å². The molecular formula is C17H21N3O5. The molecule has 1 aromatic heterocycles. The minimum absolute atomic E-state index is 0.0342. The second kappa shape index (κ2) is 8.41. The molecule has 3 atom stereocenters. The van der Waals surface area contributed by atoms with Crippen LogP contribution in [0.4, 0.5) is 0 Å². The molecule has 0 spiro atoms. The van der Waals surface area contributed by atoms with Crippen LogP contribution in [0.1, 0.15) is 34.9 Å². The summed E-state index contributed by atoms with van der Waals surface area (Å²) in [5.74, 6) is -1.13. The number of carbonyl (C=O) groups excluding carboxylic acids is 2. The van der Waals surface area contributed by atoms with Gasteiger partial charge in [0.05, 0.1) is 13.2 Å². The molecule has 2 rings (SSSR count). The fourth-order valence-corrected chi connectivity index (χ4v) is 2.17. The fourth-order valence-electron chi connectivity index (χ4n) is 2.17. The van der Waals surface area contributed by atoms with E-state index in [-0.39, 0.29) is 18.0 Å². The number of amides is 1. The molecule has 1 amide bonds. The molecule has 1 heterocycles. The summed E-state index contributed by atoms with van der Waals surface area (Å²) in [6.07, 6.45) is 0.524. The Morgan fingerprint density at radius 1 is 1.36 bits per heavy atom. The first-order valence-electron chi connectivity index (χ1n) is 7.74. The van der Waals surface area contributed by atoms with Gasteiger partial charge in [0, 0.05) is 6.42 Å². The summed E-state index contributed by atoms with van der Waals surface area (Å²) >= 11 is 0. The smallest absolute Gasteiger partial charge is 0.328 e. The van der Waals surface area contributed by atoms with E-state index in [9.17, 15) is 14.7 Å². The second-order valence-electron chi connectivity index (χ2n) is 5.58. The van der Waals surface area contributed by atoms with Crippen molar-refractivity contribution in [3.8, 4) is 0 Å². The highest BCUT2D eigenvalue weighted by Gasteiger charge is 2.25. The quantitative estimate of drug-likeness (QED) is 0.625. The summed E-state index contributed by atoms with van der Waals surface area (Å²) in [6, 6.07) is 7.51. The van der Waals surface area contributed by atoms with Crippen LogP contribution in [-0.4, -0.2) is 41.2 Å². The normalized spacial score (nSPS) is 14.4. The van der Waals surface area contributed by atoms with E-state index in [1.807, 2.05) is 30.3 Å². The number of nitrogens with zero attached hydrogens (tertiary/aromatic N) is 1. The van der Waals surface area contributed by atoms with Gasteiger partial charge in [-0.25, -0.2) is 9.78 Å². The number of nitrogens with two attached hydrogens (primary N) is 1. The summed E-state index contributed by atoms with van der Waals surface area (Å²) in [6.45, 7) is 1.49. The van der Waals surface area contributed by atoms with Gasteiger partial charge in [0.15, 0.2) is 5.69 Å². The lowest BCUT2D eigenvalue weighted by Gasteiger charge is -2.15. The van der Waals surface area contributed by atoms with Gasteiger partial charge >= 0.3 is 5.97 Å². The van der Waals surface area contributed by atoms with Crippen LogP contribution in [0.3, 0.4) is 0 Å². The first kappa shape index (κ1) is 18.6. The summed E-state index contributed by atoms with van der Waals surface area (Å²) in [5, 5.41) is 12.0. The molecule has 0 fully saturated rings. The molecular weight excluding hydrogens is 326 g/mol. The SMILES string of the molecule is COC(=O)C(Cc1ccccc1)NC(=O)c1coc(C(N)C(C)O)n1. The summed E-state index contributed by atoms with van der Waals surface area (Å²) < 4.78 is 9.87. The molecule has 25 heavy (non-hydrogen) atoms. The number of esters is 1. The number of aromatic nitrogens is 1. The molecule has 8 nitrogen and oxygen atoms in total. The summed E-state index contributed by atoms with van der Waals surface area (Å²) in [4.78, 5) is 28.2. The number of aliphatic hydroxyl groups excluding tert-OH is 1. The molecule has 0 bridgehead atoms.